The standard InChI is InChI=1S/C8H14O2/c1-7(2)8(9)4-3-5-10-6-8/h9H,1,3-6H2,2H3. The molecular weight excluding hydrogens is 128 g/mol. The normalized spacial score (nSPS) is 33.8. The van der Waals surface area contributed by atoms with Crippen molar-refractivity contribution in [2.24, 2.45) is 0 Å². The smallest absolute Gasteiger partial charge is 0.108 e. The summed E-state index contributed by atoms with van der Waals surface area (Å²) < 4.78 is 5.14. The summed E-state index contributed by atoms with van der Waals surface area (Å²) in [5.41, 5.74) is 0.0744. The summed E-state index contributed by atoms with van der Waals surface area (Å²) >= 11 is 0. The number of rotatable bonds is 1. The molecule has 0 spiro atoms. The van der Waals surface area contributed by atoms with Crippen molar-refractivity contribution in [2.75, 3.05) is 13.2 Å². The maximum Gasteiger partial charge on any atom is 0.108 e. The van der Waals surface area contributed by atoms with Gasteiger partial charge in [0.25, 0.3) is 0 Å². The second kappa shape index (κ2) is 2.72. The molecule has 10 heavy (non-hydrogen) atoms. The van der Waals surface area contributed by atoms with Crippen LogP contribution in [-0.4, -0.2) is 23.9 Å². The lowest BCUT2D eigenvalue weighted by atomic mass is 9.90. The molecule has 1 unspecified atom stereocenters. The lowest BCUT2D eigenvalue weighted by Crippen LogP contribution is -2.39. The first-order valence-electron chi connectivity index (χ1n) is 3.61. The van der Waals surface area contributed by atoms with E-state index in [0.29, 0.717) is 6.61 Å². The van der Waals surface area contributed by atoms with Gasteiger partial charge in [-0.2, -0.15) is 0 Å². The number of ether oxygens (including phenoxy) is 1. The molecule has 1 heterocycles. The van der Waals surface area contributed by atoms with Crippen molar-refractivity contribution >= 4 is 0 Å². The van der Waals surface area contributed by atoms with Crippen LogP contribution in [0.15, 0.2) is 12.2 Å². The first-order chi connectivity index (χ1) is 4.65. The van der Waals surface area contributed by atoms with Crippen LogP contribution in [0.4, 0.5) is 0 Å². The van der Waals surface area contributed by atoms with Crippen LogP contribution in [0.3, 0.4) is 0 Å². The second-order valence-electron chi connectivity index (χ2n) is 2.97. The molecule has 0 aliphatic carbocycles. The molecule has 0 aromatic rings. The Hall–Kier alpha value is -0.340. The Kier molecular flexibility index (Phi) is 2.11. The molecule has 0 aromatic heterocycles. The Morgan fingerprint density at radius 3 is 2.70 bits per heavy atom. The predicted molar refractivity (Wildman–Crippen MR) is 39.8 cm³/mol. The third-order valence-corrected chi connectivity index (χ3v) is 2.01. The fraction of sp³-hybridized carbons (Fsp3) is 0.750. The Morgan fingerprint density at radius 2 is 2.40 bits per heavy atom. The largest absolute Gasteiger partial charge is 0.383 e. The van der Waals surface area contributed by atoms with E-state index in [1.165, 1.54) is 0 Å². The van der Waals surface area contributed by atoms with Crippen LogP contribution < -0.4 is 0 Å². The molecule has 1 aliphatic rings. The minimum atomic E-state index is -0.738. The Bertz CT molecular complexity index is 134. The van der Waals surface area contributed by atoms with E-state index in [1.807, 2.05) is 6.92 Å². The SMILES string of the molecule is C=C(C)C1(O)CCCOC1. The zero-order valence-electron chi connectivity index (χ0n) is 6.39. The molecule has 2 heteroatoms. The summed E-state index contributed by atoms with van der Waals surface area (Å²) in [7, 11) is 0. The van der Waals surface area contributed by atoms with Gasteiger partial charge in [0, 0.05) is 6.61 Å². The van der Waals surface area contributed by atoms with Gasteiger partial charge in [0.15, 0.2) is 0 Å². The van der Waals surface area contributed by atoms with Gasteiger partial charge in [-0.05, 0) is 25.3 Å². The predicted octanol–water partition coefficient (Wildman–Crippen LogP) is 1.10. The third kappa shape index (κ3) is 1.39. The van der Waals surface area contributed by atoms with Crippen LogP contribution in [0, 0.1) is 0 Å². The molecule has 0 aromatic carbocycles. The molecule has 0 bridgehead atoms. The van der Waals surface area contributed by atoms with E-state index < -0.39 is 5.60 Å². The van der Waals surface area contributed by atoms with Crippen molar-refractivity contribution in [3.05, 3.63) is 12.2 Å². The lowest BCUT2D eigenvalue weighted by Gasteiger charge is -2.32. The zero-order chi connectivity index (χ0) is 7.61. The van der Waals surface area contributed by atoms with Gasteiger partial charge in [0.2, 0.25) is 0 Å². The van der Waals surface area contributed by atoms with E-state index in [1.54, 1.807) is 0 Å². The molecular formula is C8H14O2. The van der Waals surface area contributed by atoms with Crippen LogP contribution >= 0.6 is 0 Å². The highest BCUT2D eigenvalue weighted by Crippen LogP contribution is 2.24. The summed E-state index contributed by atoms with van der Waals surface area (Å²) in [5, 5.41) is 9.72. The molecule has 1 fully saturated rings. The van der Waals surface area contributed by atoms with E-state index in [-0.39, 0.29) is 0 Å². The highest BCUT2D eigenvalue weighted by Gasteiger charge is 2.30. The molecule has 1 aliphatic heterocycles. The molecule has 0 amide bonds. The third-order valence-electron chi connectivity index (χ3n) is 2.01. The lowest BCUT2D eigenvalue weighted by molar-refractivity contribution is -0.0610. The van der Waals surface area contributed by atoms with E-state index >= 15 is 0 Å². The van der Waals surface area contributed by atoms with E-state index in [0.717, 1.165) is 25.0 Å². The summed E-state index contributed by atoms with van der Waals surface area (Å²) in [6, 6.07) is 0. The molecule has 1 atom stereocenters. The van der Waals surface area contributed by atoms with Crippen molar-refractivity contribution in [2.45, 2.75) is 25.4 Å². The average molecular weight is 142 g/mol. The Morgan fingerprint density at radius 1 is 1.70 bits per heavy atom. The second-order valence-corrected chi connectivity index (χ2v) is 2.97. The first-order valence-corrected chi connectivity index (χ1v) is 3.61. The minimum absolute atomic E-state index is 0.419. The Balaban J connectivity index is 2.56. The van der Waals surface area contributed by atoms with Gasteiger partial charge < -0.3 is 9.84 Å². The topological polar surface area (TPSA) is 29.5 Å². The number of hydrogen-bond acceptors (Lipinski definition) is 2. The summed E-state index contributed by atoms with van der Waals surface area (Å²) in [6.07, 6.45) is 1.73. The quantitative estimate of drug-likeness (QED) is 0.555. The molecule has 1 N–H and O–H groups in total. The van der Waals surface area contributed by atoms with Gasteiger partial charge >= 0.3 is 0 Å². The fourth-order valence-corrected chi connectivity index (χ4v) is 1.12. The van der Waals surface area contributed by atoms with Gasteiger partial charge in [-0.25, -0.2) is 0 Å². The van der Waals surface area contributed by atoms with Gasteiger partial charge in [-0.15, -0.1) is 0 Å². The fourth-order valence-electron chi connectivity index (χ4n) is 1.12. The highest BCUT2D eigenvalue weighted by atomic mass is 16.5. The zero-order valence-corrected chi connectivity index (χ0v) is 6.39. The van der Waals surface area contributed by atoms with Crippen molar-refractivity contribution in [1.82, 2.24) is 0 Å². The van der Waals surface area contributed by atoms with Gasteiger partial charge in [-0.1, -0.05) is 6.58 Å². The summed E-state index contributed by atoms with van der Waals surface area (Å²) in [5.74, 6) is 0. The van der Waals surface area contributed by atoms with Crippen LogP contribution in [0.25, 0.3) is 0 Å². The minimum Gasteiger partial charge on any atom is -0.383 e. The molecule has 58 valence electrons. The van der Waals surface area contributed by atoms with Crippen LogP contribution in [0.5, 0.6) is 0 Å². The van der Waals surface area contributed by atoms with Crippen molar-refractivity contribution in [3.8, 4) is 0 Å². The van der Waals surface area contributed by atoms with Gasteiger partial charge in [0.05, 0.1) is 6.61 Å². The summed E-state index contributed by atoms with van der Waals surface area (Å²) in [4.78, 5) is 0. The maximum atomic E-state index is 9.72. The van der Waals surface area contributed by atoms with Crippen LogP contribution in [-0.2, 0) is 4.74 Å². The first kappa shape index (κ1) is 7.76. The highest BCUT2D eigenvalue weighted by molar-refractivity contribution is 5.10. The monoisotopic (exact) mass is 142 g/mol. The van der Waals surface area contributed by atoms with Crippen LogP contribution in [0.1, 0.15) is 19.8 Å². The van der Waals surface area contributed by atoms with Gasteiger partial charge in [-0.3, -0.25) is 0 Å². The molecule has 0 radical (unpaired) electrons. The van der Waals surface area contributed by atoms with Gasteiger partial charge in [0.1, 0.15) is 5.60 Å². The molecule has 1 saturated heterocycles. The van der Waals surface area contributed by atoms with Crippen molar-refractivity contribution < 1.29 is 9.84 Å². The number of aliphatic hydroxyl groups is 1. The molecule has 0 saturated carbocycles. The molecule has 1 rings (SSSR count). The van der Waals surface area contributed by atoms with E-state index in [2.05, 4.69) is 6.58 Å². The maximum absolute atomic E-state index is 9.72. The van der Waals surface area contributed by atoms with E-state index in [9.17, 15) is 5.11 Å². The van der Waals surface area contributed by atoms with E-state index in [4.69, 9.17) is 4.74 Å². The average Bonchev–Trinajstić information content (AvgIpc) is 1.89. The van der Waals surface area contributed by atoms with Crippen molar-refractivity contribution in [1.29, 1.82) is 0 Å². The Labute approximate surface area is 61.5 Å². The summed E-state index contributed by atoms with van der Waals surface area (Å²) in [6.45, 7) is 6.75. The van der Waals surface area contributed by atoms with Crippen molar-refractivity contribution in [3.63, 3.8) is 0 Å². The van der Waals surface area contributed by atoms with Crippen LogP contribution in [0.2, 0.25) is 0 Å². The number of hydrogen-bond donors (Lipinski definition) is 1. The molecule has 2 nitrogen and oxygen atoms in total.